The first-order chi connectivity index (χ1) is 8.93. The van der Waals surface area contributed by atoms with Gasteiger partial charge >= 0.3 is 0 Å². The zero-order valence-electron chi connectivity index (χ0n) is 11.3. The Hall–Kier alpha value is -1.54. The summed E-state index contributed by atoms with van der Waals surface area (Å²) in [5.41, 5.74) is 1.18. The van der Waals surface area contributed by atoms with Crippen molar-refractivity contribution in [1.29, 1.82) is 5.26 Å². The minimum atomic E-state index is -0.389. The Labute approximate surface area is 122 Å². The Bertz CT molecular complexity index is 494. The summed E-state index contributed by atoms with van der Waals surface area (Å²) in [6.45, 7) is 6.51. The fourth-order valence-corrected chi connectivity index (χ4v) is 1.85. The molecule has 0 fully saturated rings. The van der Waals surface area contributed by atoms with E-state index in [-0.39, 0.29) is 11.9 Å². The highest BCUT2D eigenvalue weighted by Crippen LogP contribution is 2.21. The van der Waals surface area contributed by atoms with Gasteiger partial charge in [-0.1, -0.05) is 29.8 Å². The van der Waals surface area contributed by atoms with Crippen LogP contribution in [0.3, 0.4) is 0 Å². The molecule has 5 heteroatoms. The van der Waals surface area contributed by atoms with Crippen LogP contribution in [0.2, 0.25) is 0 Å². The van der Waals surface area contributed by atoms with Crippen molar-refractivity contribution in [2.75, 3.05) is 11.9 Å². The summed E-state index contributed by atoms with van der Waals surface area (Å²) >= 11 is 3.35. The summed E-state index contributed by atoms with van der Waals surface area (Å²) in [4.78, 5) is 11.9. The number of rotatable bonds is 5. The smallest absolute Gasteiger partial charge is 0.242 e. The maximum Gasteiger partial charge on any atom is 0.242 e. The van der Waals surface area contributed by atoms with Gasteiger partial charge in [0.2, 0.25) is 5.91 Å². The molecule has 0 saturated heterocycles. The predicted octanol–water partition coefficient (Wildman–Crippen LogP) is 2.89. The SMILES string of the molecule is CC(C)CNC(=O)C(C)Nc1cc(Br)ccc1C#N. The standard InChI is InChI=1S/C14H18BrN3O/c1-9(2)8-17-14(19)10(3)18-13-6-12(15)5-4-11(13)7-16/h4-6,9-10,18H,8H2,1-3H3,(H,17,19). The Morgan fingerprint density at radius 3 is 2.68 bits per heavy atom. The maximum atomic E-state index is 11.9. The molecule has 0 aromatic heterocycles. The van der Waals surface area contributed by atoms with Gasteiger partial charge in [0.15, 0.2) is 0 Å². The van der Waals surface area contributed by atoms with Gasteiger partial charge in [-0.25, -0.2) is 0 Å². The number of carbonyl (C=O) groups is 1. The van der Waals surface area contributed by atoms with Gasteiger partial charge in [0.1, 0.15) is 12.1 Å². The number of hydrogen-bond acceptors (Lipinski definition) is 3. The quantitative estimate of drug-likeness (QED) is 0.875. The number of halogens is 1. The lowest BCUT2D eigenvalue weighted by Gasteiger charge is -2.17. The molecule has 0 aliphatic rings. The van der Waals surface area contributed by atoms with Crippen molar-refractivity contribution in [2.45, 2.75) is 26.8 Å². The molecule has 1 atom stereocenters. The highest BCUT2D eigenvalue weighted by molar-refractivity contribution is 9.10. The van der Waals surface area contributed by atoms with Gasteiger partial charge in [-0.15, -0.1) is 0 Å². The number of amides is 1. The van der Waals surface area contributed by atoms with Gasteiger partial charge in [0, 0.05) is 11.0 Å². The van der Waals surface area contributed by atoms with Crippen molar-refractivity contribution in [3.05, 3.63) is 28.2 Å². The van der Waals surface area contributed by atoms with Crippen LogP contribution in [0, 0.1) is 17.2 Å². The Morgan fingerprint density at radius 1 is 1.42 bits per heavy atom. The molecule has 0 spiro atoms. The highest BCUT2D eigenvalue weighted by atomic mass is 79.9. The monoisotopic (exact) mass is 323 g/mol. The summed E-state index contributed by atoms with van der Waals surface area (Å²) in [6, 6.07) is 7.02. The lowest BCUT2D eigenvalue weighted by molar-refractivity contribution is -0.121. The van der Waals surface area contributed by atoms with Crippen molar-refractivity contribution >= 4 is 27.5 Å². The summed E-state index contributed by atoms with van der Waals surface area (Å²) in [6.07, 6.45) is 0. The van der Waals surface area contributed by atoms with Crippen molar-refractivity contribution in [3.63, 3.8) is 0 Å². The van der Waals surface area contributed by atoms with Gasteiger partial charge in [-0.05, 0) is 31.0 Å². The van der Waals surface area contributed by atoms with E-state index in [0.29, 0.717) is 23.7 Å². The molecule has 0 saturated carbocycles. The number of nitrogens with one attached hydrogen (secondary N) is 2. The fourth-order valence-electron chi connectivity index (χ4n) is 1.49. The molecule has 1 aromatic rings. The molecule has 1 rings (SSSR count). The van der Waals surface area contributed by atoms with E-state index in [1.807, 2.05) is 13.8 Å². The second-order valence-electron chi connectivity index (χ2n) is 4.81. The molecule has 1 unspecified atom stereocenters. The largest absolute Gasteiger partial charge is 0.373 e. The number of nitrogens with zero attached hydrogens (tertiary/aromatic N) is 1. The third-order valence-electron chi connectivity index (χ3n) is 2.55. The Morgan fingerprint density at radius 2 is 2.11 bits per heavy atom. The lowest BCUT2D eigenvalue weighted by atomic mass is 10.1. The van der Waals surface area contributed by atoms with E-state index in [2.05, 4.69) is 32.6 Å². The van der Waals surface area contributed by atoms with Crippen molar-refractivity contribution in [3.8, 4) is 6.07 Å². The van der Waals surface area contributed by atoms with Gasteiger partial charge < -0.3 is 10.6 Å². The van der Waals surface area contributed by atoms with Crippen LogP contribution < -0.4 is 10.6 Å². The minimum Gasteiger partial charge on any atom is -0.373 e. The lowest BCUT2D eigenvalue weighted by Crippen LogP contribution is -2.39. The molecule has 1 aromatic carbocycles. The van der Waals surface area contributed by atoms with Crippen LogP contribution in [-0.2, 0) is 4.79 Å². The van der Waals surface area contributed by atoms with Crippen LogP contribution >= 0.6 is 15.9 Å². The van der Waals surface area contributed by atoms with Gasteiger partial charge in [0.25, 0.3) is 0 Å². The van der Waals surface area contributed by atoms with Crippen LogP contribution in [0.4, 0.5) is 5.69 Å². The topological polar surface area (TPSA) is 64.9 Å². The van der Waals surface area contributed by atoms with Gasteiger partial charge in [0.05, 0.1) is 11.3 Å². The summed E-state index contributed by atoms with van der Waals surface area (Å²) < 4.78 is 0.865. The number of carbonyl (C=O) groups excluding carboxylic acids is 1. The van der Waals surface area contributed by atoms with E-state index < -0.39 is 0 Å². The first-order valence-corrected chi connectivity index (χ1v) is 6.97. The molecule has 0 radical (unpaired) electrons. The molecule has 1 amide bonds. The van der Waals surface area contributed by atoms with Gasteiger partial charge in [-0.2, -0.15) is 5.26 Å². The van der Waals surface area contributed by atoms with Gasteiger partial charge in [-0.3, -0.25) is 4.79 Å². The summed E-state index contributed by atoms with van der Waals surface area (Å²) in [7, 11) is 0. The molecule has 0 aliphatic carbocycles. The second-order valence-corrected chi connectivity index (χ2v) is 5.72. The van der Waals surface area contributed by atoms with E-state index in [4.69, 9.17) is 5.26 Å². The van der Waals surface area contributed by atoms with Crippen LogP contribution in [0.1, 0.15) is 26.3 Å². The normalized spacial score (nSPS) is 11.8. The summed E-state index contributed by atoms with van der Waals surface area (Å²) in [5.74, 6) is 0.342. The average Bonchev–Trinajstić information content (AvgIpc) is 2.36. The molecule has 102 valence electrons. The third kappa shape index (κ3) is 4.92. The average molecular weight is 324 g/mol. The number of benzene rings is 1. The molecule has 2 N–H and O–H groups in total. The number of anilines is 1. The molecule has 4 nitrogen and oxygen atoms in total. The number of hydrogen-bond donors (Lipinski definition) is 2. The third-order valence-corrected chi connectivity index (χ3v) is 3.05. The molecule has 19 heavy (non-hydrogen) atoms. The molecular weight excluding hydrogens is 306 g/mol. The fraction of sp³-hybridized carbons (Fsp3) is 0.429. The first-order valence-electron chi connectivity index (χ1n) is 6.18. The zero-order chi connectivity index (χ0) is 14.4. The first kappa shape index (κ1) is 15.5. The number of nitriles is 1. The Kier molecular flexibility index (Phi) is 5.84. The van der Waals surface area contributed by atoms with E-state index in [9.17, 15) is 4.79 Å². The molecule has 0 heterocycles. The Balaban J connectivity index is 2.71. The van der Waals surface area contributed by atoms with E-state index >= 15 is 0 Å². The van der Waals surface area contributed by atoms with Crippen molar-refractivity contribution in [2.24, 2.45) is 5.92 Å². The maximum absolute atomic E-state index is 11.9. The summed E-state index contributed by atoms with van der Waals surface area (Å²) in [5, 5.41) is 15.0. The van der Waals surface area contributed by atoms with Crippen LogP contribution in [-0.4, -0.2) is 18.5 Å². The van der Waals surface area contributed by atoms with Crippen molar-refractivity contribution in [1.82, 2.24) is 5.32 Å². The highest BCUT2D eigenvalue weighted by Gasteiger charge is 2.14. The zero-order valence-corrected chi connectivity index (χ0v) is 12.9. The minimum absolute atomic E-state index is 0.0717. The van der Waals surface area contributed by atoms with E-state index in [0.717, 1.165) is 4.47 Å². The molecule has 0 aliphatic heterocycles. The van der Waals surface area contributed by atoms with E-state index in [1.54, 1.807) is 25.1 Å². The van der Waals surface area contributed by atoms with E-state index in [1.165, 1.54) is 0 Å². The van der Waals surface area contributed by atoms with Crippen molar-refractivity contribution < 1.29 is 4.79 Å². The molecule has 0 bridgehead atoms. The predicted molar refractivity (Wildman–Crippen MR) is 79.8 cm³/mol. The van der Waals surface area contributed by atoms with Crippen LogP contribution in [0.5, 0.6) is 0 Å². The second kappa shape index (κ2) is 7.15. The van der Waals surface area contributed by atoms with Crippen LogP contribution in [0.25, 0.3) is 0 Å². The van der Waals surface area contributed by atoms with Crippen LogP contribution in [0.15, 0.2) is 22.7 Å². The molecular formula is C14H18BrN3O.